The van der Waals surface area contributed by atoms with Crippen molar-refractivity contribution in [3.63, 3.8) is 0 Å². The van der Waals surface area contributed by atoms with Gasteiger partial charge in [0.2, 0.25) is 0 Å². The van der Waals surface area contributed by atoms with Gasteiger partial charge in [-0.05, 0) is 32.4 Å². The second-order valence-electron chi connectivity index (χ2n) is 4.97. The van der Waals surface area contributed by atoms with E-state index >= 15 is 0 Å². The highest BCUT2D eigenvalue weighted by molar-refractivity contribution is 6.02. The van der Waals surface area contributed by atoms with Crippen molar-refractivity contribution in [1.29, 1.82) is 0 Å². The molecular weight excluding hydrogens is 244 g/mol. The lowest BCUT2D eigenvalue weighted by Gasteiger charge is -2.24. The fraction of sp³-hybridized carbons (Fsp3) is 0.500. The van der Waals surface area contributed by atoms with Gasteiger partial charge in [-0.2, -0.15) is 0 Å². The van der Waals surface area contributed by atoms with Crippen molar-refractivity contribution in [2.75, 3.05) is 25.6 Å². The molecule has 1 aliphatic rings. The van der Waals surface area contributed by atoms with E-state index in [2.05, 4.69) is 5.32 Å². The van der Waals surface area contributed by atoms with Gasteiger partial charge in [0.15, 0.2) is 0 Å². The third-order valence-electron chi connectivity index (χ3n) is 3.22. The number of nitrogens with one attached hydrogen (secondary N) is 1. The van der Waals surface area contributed by atoms with Crippen LogP contribution in [0.15, 0.2) is 18.2 Å². The molecule has 5 heteroatoms. The number of carbonyl (C=O) groups excluding carboxylic acids is 1. The molecule has 1 saturated heterocycles. The predicted molar refractivity (Wildman–Crippen MR) is 73.3 cm³/mol. The highest BCUT2D eigenvalue weighted by Crippen LogP contribution is 2.26. The molecule has 0 radical (unpaired) electrons. The number of carbonyl (C=O) groups is 1. The average molecular weight is 264 g/mol. The lowest BCUT2D eigenvalue weighted by molar-refractivity contribution is 0.0887. The van der Waals surface area contributed by atoms with Crippen LogP contribution >= 0.6 is 0 Å². The second kappa shape index (κ2) is 5.48. The Hall–Kier alpha value is -1.75. The molecule has 0 bridgehead atoms. The van der Waals surface area contributed by atoms with E-state index < -0.39 is 0 Å². The van der Waals surface area contributed by atoms with Gasteiger partial charge in [-0.25, -0.2) is 0 Å². The zero-order valence-corrected chi connectivity index (χ0v) is 11.4. The molecule has 1 amide bonds. The molecule has 0 aliphatic carbocycles. The number of hydrogen-bond acceptors (Lipinski definition) is 4. The van der Waals surface area contributed by atoms with Gasteiger partial charge in [-0.3, -0.25) is 4.79 Å². The first-order valence-corrected chi connectivity index (χ1v) is 6.47. The molecule has 1 heterocycles. The predicted octanol–water partition coefficient (Wildman–Crippen LogP) is 1.58. The molecular formula is C14H20N2O3. The number of nitrogens with two attached hydrogens (primary N) is 1. The van der Waals surface area contributed by atoms with Crippen molar-refractivity contribution in [3.8, 4) is 5.75 Å². The minimum Gasteiger partial charge on any atom is -0.493 e. The van der Waals surface area contributed by atoms with Gasteiger partial charge in [-0.1, -0.05) is 6.07 Å². The Labute approximate surface area is 113 Å². The molecule has 1 aromatic carbocycles. The van der Waals surface area contributed by atoms with Crippen molar-refractivity contribution in [2.24, 2.45) is 0 Å². The molecule has 1 aliphatic heterocycles. The van der Waals surface area contributed by atoms with Crippen LogP contribution < -0.4 is 15.8 Å². The van der Waals surface area contributed by atoms with E-state index in [4.69, 9.17) is 15.2 Å². The third kappa shape index (κ3) is 2.98. The van der Waals surface area contributed by atoms with E-state index in [1.54, 1.807) is 18.2 Å². The Balaban J connectivity index is 2.22. The second-order valence-corrected chi connectivity index (χ2v) is 4.97. The van der Waals surface area contributed by atoms with Gasteiger partial charge in [0.05, 0.1) is 18.8 Å². The van der Waals surface area contributed by atoms with Crippen LogP contribution in [0, 0.1) is 0 Å². The average Bonchev–Trinajstić information content (AvgIpc) is 2.76. The van der Waals surface area contributed by atoms with Crippen LogP contribution in [-0.2, 0) is 4.74 Å². The summed E-state index contributed by atoms with van der Waals surface area (Å²) >= 11 is 0. The Bertz CT molecular complexity index is 468. The number of rotatable bonds is 4. The summed E-state index contributed by atoms with van der Waals surface area (Å²) in [6.45, 7) is 5.52. The van der Waals surface area contributed by atoms with E-state index in [-0.39, 0.29) is 11.4 Å². The number of ether oxygens (including phenoxy) is 2. The van der Waals surface area contributed by atoms with Crippen LogP contribution in [-0.4, -0.2) is 31.3 Å². The number of hydrogen-bond donors (Lipinski definition) is 2. The molecule has 5 nitrogen and oxygen atoms in total. The Kier molecular flexibility index (Phi) is 3.95. The van der Waals surface area contributed by atoms with Gasteiger partial charge < -0.3 is 20.5 Å². The number of amides is 1. The Morgan fingerprint density at radius 2 is 2.37 bits per heavy atom. The third-order valence-corrected chi connectivity index (χ3v) is 3.22. The lowest BCUT2D eigenvalue weighted by Crippen LogP contribution is -2.46. The van der Waals surface area contributed by atoms with Crippen molar-refractivity contribution in [3.05, 3.63) is 23.8 Å². The summed E-state index contributed by atoms with van der Waals surface area (Å²) in [4.78, 5) is 12.4. The van der Waals surface area contributed by atoms with Crippen molar-refractivity contribution < 1.29 is 14.3 Å². The maximum atomic E-state index is 12.4. The summed E-state index contributed by atoms with van der Waals surface area (Å²) in [7, 11) is 0. The molecule has 3 N–H and O–H groups in total. The van der Waals surface area contributed by atoms with Crippen LogP contribution in [0.2, 0.25) is 0 Å². The quantitative estimate of drug-likeness (QED) is 0.810. The molecule has 0 aromatic heterocycles. The molecule has 1 unspecified atom stereocenters. The lowest BCUT2D eigenvalue weighted by atomic mass is 10.0. The van der Waals surface area contributed by atoms with E-state index in [0.29, 0.717) is 36.8 Å². The van der Waals surface area contributed by atoms with Crippen LogP contribution in [0.4, 0.5) is 5.69 Å². The first kappa shape index (κ1) is 13.7. The van der Waals surface area contributed by atoms with Crippen LogP contribution in [0.3, 0.4) is 0 Å². The van der Waals surface area contributed by atoms with Gasteiger partial charge in [0.1, 0.15) is 11.3 Å². The van der Waals surface area contributed by atoms with E-state index in [9.17, 15) is 4.79 Å². The maximum absolute atomic E-state index is 12.4. The van der Waals surface area contributed by atoms with Crippen molar-refractivity contribution >= 4 is 11.6 Å². The normalized spacial score (nSPS) is 22.2. The van der Waals surface area contributed by atoms with E-state index in [1.807, 2.05) is 13.8 Å². The number of anilines is 1. The van der Waals surface area contributed by atoms with Crippen LogP contribution in [0.1, 0.15) is 30.6 Å². The zero-order valence-electron chi connectivity index (χ0n) is 11.4. The highest BCUT2D eigenvalue weighted by Gasteiger charge is 2.32. The number of nitrogen functional groups attached to an aromatic ring is 1. The van der Waals surface area contributed by atoms with E-state index in [0.717, 1.165) is 6.42 Å². The van der Waals surface area contributed by atoms with Crippen molar-refractivity contribution in [1.82, 2.24) is 5.32 Å². The maximum Gasteiger partial charge on any atom is 0.257 e. The number of benzene rings is 1. The first-order chi connectivity index (χ1) is 9.06. The molecule has 1 aromatic rings. The minimum atomic E-state index is -0.331. The fourth-order valence-corrected chi connectivity index (χ4v) is 2.17. The summed E-state index contributed by atoms with van der Waals surface area (Å²) in [5, 5.41) is 2.99. The van der Waals surface area contributed by atoms with Gasteiger partial charge in [-0.15, -0.1) is 0 Å². The molecule has 2 rings (SSSR count). The summed E-state index contributed by atoms with van der Waals surface area (Å²) in [5.41, 5.74) is 6.39. The Morgan fingerprint density at radius 1 is 1.58 bits per heavy atom. The van der Waals surface area contributed by atoms with Crippen LogP contribution in [0.5, 0.6) is 5.75 Å². The van der Waals surface area contributed by atoms with Gasteiger partial charge in [0, 0.05) is 12.3 Å². The highest BCUT2D eigenvalue weighted by atomic mass is 16.5. The van der Waals surface area contributed by atoms with Gasteiger partial charge >= 0.3 is 0 Å². The molecule has 19 heavy (non-hydrogen) atoms. The summed E-state index contributed by atoms with van der Waals surface area (Å²) in [5.74, 6) is 0.303. The zero-order chi connectivity index (χ0) is 13.9. The molecule has 104 valence electrons. The van der Waals surface area contributed by atoms with Gasteiger partial charge in [0.25, 0.3) is 5.91 Å². The summed E-state index contributed by atoms with van der Waals surface area (Å²) in [6.07, 6.45) is 0.801. The smallest absolute Gasteiger partial charge is 0.257 e. The molecule has 1 atom stereocenters. The SMILES string of the molecule is CCOc1cccc(N)c1C(=O)NC1(C)CCOC1. The summed E-state index contributed by atoms with van der Waals surface area (Å²) in [6, 6.07) is 5.23. The molecule has 1 fully saturated rings. The topological polar surface area (TPSA) is 73.6 Å². The van der Waals surface area contributed by atoms with E-state index in [1.165, 1.54) is 0 Å². The Morgan fingerprint density at radius 3 is 3.00 bits per heavy atom. The van der Waals surface area contributed by atoms with Crippen LogP contribution in [0.25, 0.3) is 0 Å². The first-order valence-electron chi connectivity index (χ1n) is 6.47. The summed E-state index contributed by atoms with van der Waals surface area (Å²) < 4.78 is 10.8. The largest absolute Gasteiger partial charge is 0.493 e. The minimum absolute atomic E-state index is 0.213. The van der Waals surface area contributed by atoms with Crippen molar-refractivity contribution in [2.45, 2.75) is 25.8 Å². The molecule has 0 saturated carbocycles. The molecule has 0 spiro atoms. The fourth-order valence-electron chi connectivity index (χ4n) is 2.17. The monoisotopic (exact) mass is 264 g/mol. The standard InChI is InChI=1S/C14H20N2O3/c1-3-19-11-6-4-5-10(15)12(11)13(17)16-14(2)7-8-18-9-14/h4-6H,3,7-9,15H2,1-2H3,(H,16,17).